The summed E-state index contributed by atoms with van der Waals surface area (Å²) in [5.41, 5.74) is -0.261. The van der Waals surface area contributed by atoms with Gasteiger partial charge in [-0.15, -0.1) is 0 Å². The van der Waals surface area contributed by atoms with Crippen LogP contribution < -0.4 is 9.47 Å². The highest BCUT2D eigenvalue weighted by atomic mass is 16.5. The van der Waals surface area contributed by atoms with E-state index in [1.54, 1.807) is 25.3 Å². The summed E-state index contributed by atoms with van der Waals surface area (Å²) < 4.78 is 16.2. The number of esters is 1. The summed E-state index contributed by atoms with van der Waals surface area (Å²) in [5.74, 6) is 0.783. The lowest BCUT2D eigenvalue weighted by molar-refractivity contribution is -0.144. The van der Waals surface area contributed by atoms with Crippen LogP contribution in [0, 0.1) is 5.41 Å². The van der Waals surface area contributed by atoms with E-state index >= 15 is 0 Å². The molecule has 1 heterocycles. The van der Waals surface area contributed by atoms with Gasteiger partial charge in [-0.2, -0.15) is 0 Å². The van der Waals surface area contributed by atoms with Gasteiger partial charge in [0.25, 0.3) is 0 Å². The van der Waals surface area contributed by atoms with Crippen LogP contribution in [0.15, 0.2) is 18.2 Å². The molecular formula is C18H24O5. The molecule has 2 rings (SSSR count). The lowest BCUT2D eigenvalue weighted by atomic mass is 9.75. The molecule has 1 atom stereocenters. The zero-order chi connectivity index (χ0) is 16.9. The Balaban J connectivity index is 2.27. The first-order valence-corrected chi connectivity index (χ1v) is 8.01. The predicted octanol–water partition coefficient (Wildman–Crippen LogP) is 3.40. The van der Waals surface area contributed by atoms with Gasteiger partial charge in [0.2, 0.25) is 0 Å². The number of methoxy groups -OCH3 is 1. The van der Waals surface area contributed by atoms with Crippen molar-refractivity contribution in [2.45, 2.75) is 39.5 Å². The van der Waals surface area contributed by atoms with Gasteiger partial charge in [0, 0.05) is 13.0 Å². The number of ether oxygens (including phenoxy) is 3. The van der Waals surface area contributed by atoms with Gasteiger partial charge in [-0.05, 0) is 18.6 Å². The molecule has 1 aromatic rings. The molecule has 1 aliphatic heterocycles. The molecule has 126 valence electrons. The van der Waals surface area contributed by atoms with Crippen molar-refractivity contribution >= 4 is 11.8 Å². The van der Waals surface area contributed by atoms with E-state index in [9.17, 15) is 9.59 Å². The van der Waals surface area contributed by atoms with E-state index in [2.05, 4.69) is 6.92 Å². The standard InChI is InChI=1S/C18H24O5/c1-4-5-6-9-18(11-22-13(2)19)12-23-16-10-14(21-3)7-8-15(16)17(18)20/h7-8,10H,4-6,9,11-12H2,1-3H3/t18-/m1/s1. The van der Waals surface area contributed by atoms with Crippen molar-refractivity contribution in [1.29, 1.82) is 0 Å². The van der Waals surface area contributed by atoms with Crippen LogP contribution in [0.5, 0.6) is 11.5 Å². The molecule has 23 heavy (non-hydrogen) atoms. The highest BCUT2D eigenvalue weighted by Crippen LogP contribution is 2.40. The number of hydrogen-bond donors (Lipinski definition) is 0. The molecule has 1 aliphatic rings. The van der Waals surface area contributed by atoms with Gasteiger partial charge in [0.15, 0.2) is 5.78 Å². The van der Waals surface area contributed by atoms with Crippen molar-refractivity contribution < 1.29 is 23.8 Å². The molecule has 0 unspecified atom stereocenters. The van der Waals surface area contributed by atoms with Crippen LogP contribution in [-0.4, -0.2) is 32.1 Å². The number of ketones is 1. The van der Waals surface area contributed by atoms with Gasteiger partial charge >= 0.3 is 5.97 Å². The second-order valence-corrected chi connectivity index (χ2v) is 6.00. The van der Waals surface area contributed by atoms with E-state index in [1.165, 1.54) is 6.92 Å². The summed E-state index contributed by atoms with van der Waals surface area (Å²) in [5, 5.41) is 0. The third kappa shape index (κ3) is 3.84. The SMILES string of the molecule is CCCCC[C@@]1(COC(C)=O)COc2cc(OC)ccc2C1=O. The highest BCUT2D eigenvalue weighted by molar-refractivity contribution is 6.04. The van der Waals surface area contributed by atoms with Crippen molar-refractivity contribution in [2.75, 3.05) is 20.3 Å². The van der Waals surface area contributed by atoms with Gasteiger partial charge in [0.1, 0.15) is 30.1 Å². The number of hydrogen-bond acceptors (Lipinski definition) is 5. The minimum absolute atomic E-state index is 0.0150. The maximum atomic E-state index is 13.0. The zero-order valence-corrected chi connectivity index (χ0v) is 14.0. The Kier molecular flexibility index (Phi) is 5.64. The molecule has 0 saturated carbocycles. The van der Waals surface area contributed by atoms with Crippen molar-refractivity contribution in [2.24, 2.45) is 5.41 Å². The van der Waals surface area contributed by atoms with Gasteiger partial charge in [-0.1, -0.05) is 26.2 Å². The summed E-state index contributed by atoms with van der Waals surface area (Å²) in [6.07, 6.45) is 3.65. The molecule has 0 saturated heterocycles. The Morgan fingerprint density at radius 2 is 2.13 bits per heavy atom. The monoisotopic (exact) mass is 320 g/mol. The van der Waals surface area contributed by atoms with Crippen LogP contribution in [0.3, 0.4) is 0 Å². The molecule has 0 bridgehead atoms. The summed E-state index contributed by atoms with van der Waals surface area (Å²) in [6, 6.07) is 5.18. The lowest BCUT2D eigenvalue weighted by Crippen LogP contribution is -2.45. The van der Waals surface area contributed by atoms with Crippen molar-refractivity contribution in [3.05, 3.63) is 23.8 Å². The normalized spacial score (nSPS) is 19.7. The van der Waals surface area contributed by atoms with E-state index in [0.717, 1.165) is 19.3 Å². The fraction of sp³-hybridized carbons (Fsp3) is 0.556. The maximum absolute atomic E-state index is 13.0. The Hall–Kier alpha value is -2.04. The number of carbonyl (C=O) groups excluding carboxylic acids is 2. The number of Topliss-reactive ketones (excluding diaryl/α,β-unsaturated/α-hetero) is 1. The molecule has 5 nitrogen and oxygen atoms in total. The molecule has 0 fully saturated rings. The van der Waals surface area contributed by atoms with Crippen molar-refractivity contribution in [3.63, 3.8) is 0 Å². The van der Waals surface area contributed by atoms with Crippen LogP contribution in [0.2, 0.25) is 0 Å². The molecule has 0 radical (unpaired) electrons. The summed E-state index contributed by atoms with van der Waals surface area (Å²) in [4.78, 5) is 24.2. The van der Waals surface area contributed by atoms with E-state index in [-0.39, 0.29) is 25.0 Å². The number of benzene rings is 1. The minimum Gasteiger partial charge on any atom is -0.497 e. The first-order chi connectivity index (χ1) is 11.0. The molecular weight excluding hydrogens is 296 g/mol. The van der Waals surface area contributed by atoms with E-state index < -0.39 is 5.41 Å². The third-order valence-corrected chi connectivity index (χ3v) is 4.23. The zero-order valence-electron chi connectivity index (χ0n) is 14.0. The molecule has 0 spiro atoms. The van der Waals surface area contributed by atoms with Crippen molar-refractivity contribution in [1.82, 2.24) is 0 Å². The lowest BCUT2D eigenvalue weighted by Gasteiger charge is -2.36. The summed E-state index contributed by atoms with van der Waals surface area (Å²) >= 11 is 0. The Morgan fingerprint density at radius 1 is 1.35 bits per heavy atom. The molecule has 5 heteroatoms. The Morgan fingerprint density at radius 3 is 2.78 bits per heavy atom. The first-order valence-electron chi connectivity index (χ1n) is 8.01. The largest absolute Gasteiger partial charge is 0.497 e. The minimum atomic E-state index is -0.789. The molecule has 0 aromatic heterocycles. The fourth-order valence-corrected chi connectivity index (χ4v) is 2.82. The summed E-state index contributed by atoms with van der Waals surface area (Å²) in [6.45, 7) is 3.76. The van der Waals surface area contributed by atoms with Gasteiger partial charge in [0.05, 0.1) is 12.7 Å². The molecule has 1 aromatic carbocycles. The van der Waals surface area contributed by atoms with Crippen molar-refractivity contribution in [3.8, 4) is 11.5 Å². The second-order valence-electron chi connectivity index (χ2n) is 6.00. The van der Waals surface area contributed by atoms with Gasteiger partial charge in [-0.25, -0.2) is 0 Å². The number of unbranched alkanes of at least 4 members (excludes halogenated alkanes) is 2. The molecule has 0 N–H and O–H groups in total. The van der Waals surface area contributed by atoms with E-state index in [1.807, 2.05) is 0 Å². The smallest absolute Gasteiger partial charge is 0.302 e. The maximum Gasteiger partial charge on any atom is 0.302 e. The van der Waals surface area contributed by atoms with Gasteiger partial charge in [-0.3, -0.25) is 9.59 Å². The fourth-order valence-electron chi connectivity index (χ4n) is 2.82. The average Bonchev–Trinajstić information content (AvgIpc) is 2.55. The van der Waals surface area contributed by atoms with Crippen LogP contribution >= 0.6 is 0 Å². The summed E-state index contributed by atoms with van der Waals surface area (Å²) in [7, 11) is 1.57. The Bertz CT molecular complexity index is 581. The number of fused-ring (bicyclic) bond motifs is 1. The van der Waals surface area contributed by atoms with Crippen LogP contribution in [0.25, 0.3) is 0 Å². The second kappa shape index (κ2) is 7.49. The quantitative estimate of drug-likeness (QED) is 0.569. The van der Waals surface area contributed by atoms with E-state index in [0.29, 0.717) is 23.5 Å². The topological polar surface area (TPSA) is 61.8 Å². The van der Waals surface area contributed by atoms with Gasteiger partial charge < -0.3 is 14.2 Å². The van der Waals surface area contributed by atoms with Crippen LogP contribution in [-0.2, 0) is 9.53 Å². The highest BCUT2D eigenvalue weighted by Gasteiger charge is 2.44. The molecule has 0 aliphatic carbocycles. The van der Waals surface area contributed by atoms with E-state index in [4.69, 9.17) is 14.2 Å². The first kappa shape index (κ1) is 17.3. The predicted molar refractivity (Wildman–Crippen MR) is 86.0 cm³/mol. The number of carbonyl (C=O) groups is 2. The Labute approximate surface area is 136 Å². The number of rotatable bonds is 7. The third-order valence-electron chi connectivity index (χ3n) is 4.23. The van der Waals surface area contributed by atoms with Crippen LogP contribution in [0.4, 0.5) is 0 Å². The van der Waals surface area contributed by atoms with Crippen LogP contribution in [0.1, 0.15) is 49.9 Å². The molecule has 0 amide bonds. The average molecular weight is 320 g/mol.